The standard InChI is InChI=1S/C19H19N3S/c1-23-16-9-7-15(8-10-16)18-11-12-20-19-13-17(21-22(18)19)14-5-3-2-4-6-14/h2-10,13,18,20H,11-12H2,1H3. The highest BCUT2D eigenvalue weighted by atomic mass is 32.2. The lowest BCUT2D eigenvalue weighted by atomic mass is 10.0. The van der Waals surface area contributed by atoms with E-state index < -0.39 is 0 Å². The fraction of sp³-hybridized carbons (Fsp3) is 0.211. The predicted octanol–water partition coefficient (Wildman–Crippen LogP) is 4.68. The second-order valence-corrected chi connectivity index (χ2v) is 6.61. The van der Waals surface area contributed by atoms with Crippen LogP contribution in [0.1, 0.15) is 18.0 Å². The molecule has 4 heteroatoms. The fourth-order valence-corrected chi connectivity index (χ4v) is 3.52. The summed E-state index contributed by atoms with van der Waals surface area (Å²) in [4.78, 5) is 1.30. The van der Waals surface area contributed by atoms with E-state index in [1.807, 2.05) is 6.07 Å². The number of rotatable bonds is 3. The van der Waals surface area contributed by atoms with E-state index in [1.54, 1.807) is 11.8 Å². The number of hydrogen-bond acceptors (Lipinski definition) is 3. The topological polar surface area (TPSA) is 29.9 Å². The minimum Gasteiger partial charge on any atom is -0.370 e. The van der Waals surface area contributed by atoms with Gasteiger partial charge in [0.05, 0.1) is 11.7 Å². The lowest BCUT2D eigenvalue weighted by Crippen LogP contribution is -2.24. The van der Waals surface area contributed by atoms with Crippen LogP contribution < -0.4 is 5.32 Å². The highest BCUT2D eigenvalue weighted by Crippen LogP contribution is 2.33. The van der Waals surface area contributed by atoms with Gasteiger partial charge in [0.2, 0.25) is 0 Å². The van der Waals surface area contributed by atoms with E-state index in [1.165, 1.54) is 10.5 Å². The lowest BCUT2D eigenvalue weighted by molar-refractivity contribution is 0.483. The monoisotopic (exact) mass is 321 g/mol. The summed E-state index contributed by atoms with van der Waals surface area (Å²) in [6, 6.07) is 21.7. The molecule has 1 aliphatic heterocycles. The zero-order valence-corrected chi connectivity index (χ0v) is 13.9. The molecule has 0 bridgehead atoms. The Morgan fingerprint density at radius 3 is 2.61 bits per heavy atom. The summed E-state index contributed by atoms with van der Waals surface area (Å²) < 4.78 is 2.14. The first-order valence-corrected chi connectivity index (χ1v) is 9.10. The van der Waals surface area contributed by atoms with Crippen LogP contribution in [-0.2, 0) is 0 Å². The van der Waals surface area contributed by atoms with Crippen molar-refractivity contribution in [3.8, 4) is 11.3 Å². The van der Waals surface area contributed by atoms with Gasteiger partial charge in [0.1, 0.15) is 5.82 Å². The minimum absolute atomic E-state index is 0.305. The number of hydrogen-bond donors (Lipinski definition) is 1. The van der Waals surface area contributed by atoms with Crippen molar-refractivity contribution in [1.82, 2.24) is 9.78 Å². The molecule has 2 aromatic carbocycles. The van der Waals surface area contributed by atoms with Crippen LogP contribution in [-0.4, -0.2) is 22.6 Å². The molecule has 3 aromatic rings. The predicted molar refractivity (Wildman–Crippen MR) is 97.1 cm³/mol. The van der Waals surface area contributed by atoms with E-state index in [-0.39, 0.29) is 0 Å². The Morgan fingerprint density at radius 2 is 1.87 bits per heavy atom. The van der Waals surface area contributed by atoms with Crippen molar-refractivity contribution in [3.05, 3.63) is 66.2 Å². The Morgan fingerprint density at radius 1 is 1.09 bits per heavy atom. The second kappa shape index (κ2) is 6.13. The summed E-state index contributed by atoms with van der Waals surface area (Å²) in [6.45, 7) is 0.981. The molecular formula is C19H19N3S. The van der Waals surface area contributed by atoms with Crippen molar-refractivity contribution in [2.45, 2.75) is 17.4 Å². The Labute approximate surface area is 140 Å². The van der Waals surface area contributed by atoms with E-state index in [0.717, 1.165) is 30.0 Å². The van der Waals surface area contributed by atoms with Gasteiger partial charge in [-0.2, -0.15) is 5.10 Å². The van der Waals surface area contributed by atoms with Crippen LogP contribution in [0, 0.1) is 0 Å². The summed E-state index contributed by atoms with van der Waals surface area (Å²) in [7, 11) is 0. The summed E-state index contributed by atoms with van der Waals surface area (Å²) in [5, 5.41) is 8.34. The first-order valence-electron chi connectivity index (χ1n) is 7.88. The van der Waals surface area contributed by atoms with Gasteiger partial charge in [-0.3, -0.25) is 0 Å². The first kappa shape index (κ1) is 14.4. The van der Waals surface area contributed by atoms with Gasteiger partial charge in [0.15, 0.2) is 0 Å². The third-order valence-electron chi connectivity index (χ3n) is 4.32. The van der Waals surface area contributed by atoms with Gasteiger partial charge in [-0.15, -0.1) is 11.8 Å². The van der Waals surface area contributed by atoms with Crippen molar-refractivity contribution in [3.63, 3.8) is 0 Å². The summed E-state index contributed by atoms with van der Waals surface area (Å²) in [6.07, 6.45) is 3.17. The van der Waals surface area contributed by atoms with E-state index >= 15 is 0 Å². The van der Waals surface area contributed by atoms with Crippen LogP contribution >= 0.6 is 11.8 Å². The van der Waals surface area contributed by atoms with E-state index in [4.69, 9.17) is 5.10 Å². The Kier molecular flexibility index (Phi) is 3.83. The molecule has 0 radical (unpaired) electrons. The molecule has 1 atom stereocenters. The van der Waals surface area contributed by atoms with Gasteiger partial charge in [0, 0.05) is 23.1 Å². The molecule has 0 saturated carbocycles. The molecule has 2 heterocycles. The number of nitrogens with one attached hydrogen (secondary N) is 1. The van der Waals surface area contributed by atoms with Crippen molar-refractivity contribution in [1.29, 1.82) is 0 Å². The van der Waals surface area contributed by atoms with Crippen LogP contribution in [0.2, 0.25) is 0 Å². The van der Waals surface area contributed by atoms with Crippen LogP contribution in [0.5, 0.6) is 0 Å². The molecule has 0 spiro atoms. The maximum absolute atomic E-state index is 4.87. The SMILES string of the molecule is CSc1ccc(C2CCNc3cc(-c4ccccc4)nn32)cc1. The van der Waals surface area contributed by atoms with Crippen LogP contribution in [0.4, 0.5) is 5.82 Å². The number of fused-ring (bicyclic) bond motifs is 1. The Hall–Kier alpha value is -2.20. The Balaban J connectivity index is 1.71. The van der Waals surface area contributed by atoms with Crippen LogP contribution in [0.15, 0.2) is 65.6 Å². The van der Waals surface area contributed by atoms with E-state index in [9.17, 15) is 0 Å². The lowest BCUT2D eigenvalue weighted by Gasteiger charge is -2.26. The molecular weight excluding hydrogens is 302 g/mol. The first-order chi connectivity index (χ1) is 11.3. The summed E-state index contributed by atoms with van der Waals surface area (Å²) in [5.74, 6) is 1.11. The molecule has 23 heavy (non-hydrogen) atoms. The molecule has 116 valence electrons. The number of anilines is 1. The normalized spacial score (nSPS) is 16.7. The molecule has 4 rings (SSSR count). The third kappa shape index (κ3) is 2.75. The Bertz CT molecular complexity index is 793. The highest BCUT2D eigenvalue weighted by Gasteiger charge is 2.23. The summed E-state index contributed by atoms with van der Waals surface area (Å²) in [5.41, 5.74) is 3.52. The zero-order valence-electron chi connectivity index (χ0n) is 13.1. The highest BCUT2D eigenvalue weighted by molar-refractivity contribution is 7.98. The molecule has 3 nitrogen and oxygen atoms in total. The maximum atomic E-state index is 4.87. The van der Waals surface area contributed by atoms with Crippen molar-refractivity contribution < 1.29 is 0 Å². The van der Waals surface area contributed by atoms with E-state index in [2.05, 4.69) is 70.9 Å². The molecule has 0 amide bonds. The smallest absolute Gasteiger partial charge is 0.125 e. The zero-order chi connectivity index (χ0) is 15.6. The average molecular weight is 321 g/mol. The quantitative estimate of drug-likeness (QED) is 0.711. The van der Waals surface area contributed by atoms with E-state index in [0.29, 0.717) is 6.04 Å². The molecule has 1 aromatic heterocycles. The van der Waals surface area contributed by atoms with Gasteiger partial charge in [-0.05, 0) is 30.4 Å². The number of benzene rings is 2. The molecule has 0 fully saturated rings. The fourth-order valence-electron chi connectivity index (χ4n) is 3.11. The molecule has 0 saturated heterocycles. The van der Waals surface area contributed by atoms with Crippen molar-refractivity contribution in [2.75, 3.05) is 18.1 Å². The summed E-state index contributed by atoms with van der Waals surface area (Å²) >= 11 is 1.78. The van der Waals surface area contributed by atoms with Gasteiger partial charge >= 0.3 is 0 Å². The van der Waals surface area contributed by atoms with Gasteiger partial charge in [0.25, 0.3) is 0 Å². The minimum atomic E-state index is 0.305. The molecule has 1 aliphatic rings. The van der Waals surface area contributed by atoms with Gasteiger partial charge in [-0.1, -0.05) is 42.5 Å². The molecule has 1 N–H and O–H groups in total. The molecule has 0 aliphatic carbocycles. The van der Waals surface area contributed by atoms with Crippen LogP contribution in [0.3, 0.4) is 0 Å². The molecule has 1 unspecified atom stereocenters. The average Bonchev–Trinajstić information content (AvgIpc) is 3.07. The van der Waals surface area contributed by atoms with Crippen LogP contribution in [0.25, 0.3) is 11.3 Å². The third-order valence-corrected chi connectivity index (χ3v) is 5.07. The van der Waals surface area contributed by atoms with Gasteiger partial charge in [-0.25, -0.2) is 4.68 Å². The maximum Gasteiger partial charge on any atom is 0.125 e. The number of aromatic nitrogens is 2. The van der Waals surface area contributed by atoms with Crippen molar-refractivity contribution >= 4 is 17.6 Å². The second-order valence-electron chi connectivity index (χ2n) is 5.73. The largest absolute Gasteiger partial charge is 0.370 e. The number of nitrogens with zero attached hydrogens (tertiary/aromatic N) is 2. The number of thioether (sulfide) groups is 1. The van der Waals surface area contributed by atoms with Crippen molar-refractivity contribution in [2.24, 2.45) is 0 Å². The van der Waals surface area contributed by atoms with Gasteiger partial charge < -0.3 is 5.32 Å².